The Bertz CT molecular complexity index is 994. The number of rotatable bonds is 8. The Balaban J connectivity index is 1.87. The maximum absolute atomic E-state index is 10.1. The van der Waals surface area contributed by atoms with Crippen LogP contribution in [0.3, 0.4) is 0 Å². The Hall–Kier alpha value is -3.07. The van der Waals surface area contributed by atoms with Gasteiger partial charge in [-0.2, -0.15) is 9.97 Å². The van der Waals surface area contributed by atoms with Crippen molar-refractivity contribution in [1.82, 2.24) is 19.5 Å². The van der Waals surface area contributed by atoms with Crippen LogP contribution >= 0.6 is 0 Å². The number of aryl methyl sites for hydroxylation is 1. The van der Waals surface area contributed by atoms with E-state index >= 15 is 0 Å². The Morgan fingerprint density at radius 2 is 2.07 bits per heavy atom. The number of anilines is 3. The minimum atomic E-state index is -0.784. The molecule has 0 spiro atoms. The molecule has 29 heavy (non-hydrogen) atoms. The normalized spacial score (nSPS) is 12.8. The lowest BCUT2D eigenvalue weighted by Gasteiger charge is -2.23. The highest BCUT2D eigenvalue weighted by Gasteiger charge is 2.19. The third-order valence-electron chi connectivity index (χ3n) is 4.54. The number of ether oxygens (including phenoxy) is 1. The molecule has 2 aromatic heterocycles. The molecule has 9 heteroatoms. The number of hydrogen-bond donors (Lipinski definition) is 4. The molecule has 0 saturated heterocycles. The molecule has 0 aliphatic carbocycles. The number of nitrogen functional groups attached to an aromatic ring is 1. The first-order valence-electron chi connectivity index (χ1n) is 9.50. The number of fused-ring (bicyclic) bond motifs is 1. The molecular weight excluding hydrogens is 370 g/mol. The van der Waals surface area contributed by atoms with E-state index in [0.717, 1.165) is 11.3 Å². The van der Waals surface area contributed by atoms with Crippen LogP contribution in [-0.2, 0) is 13.6 Å². The lowest BCUT2D eigenvalue weighted by molar-refractivity contribution is 0.0672. The van der Waals surface area contributed by atoms with Gasteiger partial charge in [-0.05, 0) is 51.0 Å². The zero-order valence-electron chi connectivity index (χ0n) is 17.5. The fourth-order valence-electron chi connectivity index (χ4n) is 3.26. The molecule has 3 aromatic rings. The number of nitrogens with two attached hydrogens (primary N) is 1. The Labute approximate surface area is 170 Å². The second-order valence-electron chi connectivity index (χ2n) is 7.90. The van der Waals surface area contributed by atoms with Crippen LogP contribution in [0.25, 0.3) is 11.2 Å². The highest BCUT2D eigenvalue weighted by Crippen LogP contribution is 2.24. The molecule has 0 radical (unpaired) electrons. The third kappa shape index (κ3) is 5.05. The van der Waals surface area contributed by atoms with E-state index in [0.29, 0.717) is 41.6 Å². The number of methoxy groups -OCH3 is 1. The predicted molar refractivity (Wildman–Crippen MR) is 115 cm³/mol. The molecule has 3 rings (SSSR count). The summed E-state index contributed by atoms with van der Waals surface area (Å²) in [6, 6.07) is 5.52. The first-order chi connectivity index (χ1) is 13.7. The molecule has 156 valence electrons. The highest BCUT2D eigenvalue weighted by atomic mass is 16.5. The molecule has 1 unspecified atom stereocenters. The van der Waals surface area contributed by atoms with Crippen molar-refractivity contribution < 1.29 is 9.84 Å². The van der Waals surface area contributed by atoms with Gasteiger partial charge in [0, 0.05) is 25.3 Å². The second-order valence-corrected chi connectivity index (χ2v) is 7.90. The fourth-order valence-corrected chi connectivity index (χ4v) is 3.26. The topological polar surface area (TPSA) is 123 Å². The van der Waals surface area contributed by atoms with Crippen molar-refractivity contribution in [2.24, 2.45) is 7.05 Å². The van der Waals surface area contributed by atoms with E-state index in [9.17, 15) is 5.11 Å². The van der Waals surface area contributed by atoms with E-state index in [-0.39, 0.29) is 6.04 Å². The summed E-state index contributed by atoms with van der Waals surface area (Å²) >= 11 is 0. The summed E-state index contributed by atoms with van der Waals surface area (Å²) in [6.45, 7) is 6.01. The number of nitrogens with zero attached hydrogens (tertiary/aromatic N) is 4. The van der Waals surface area contributed by atoms with Gasteiger partial charge in [-0.3, -0.25) is 0 Å². The fraction of sp³-hybridized carbons (Fsp3) is 0.450. The summed E-state index contributed by atoms with van der Waals surface area (Å²) in [5.74, 6) is 1.82. The van der Waals surface area contributed by atoms with E-state index in [2.05, 4.69) is 25.6 Å². The molecule has 0 aliphatic rings. The number of hydrogen-bond acceptors (Lipinski definition) is 8. The lowest BCUT2D eigenvalue weighted by atomic mass is 10.0. The largest absolute Gasteiger partial charge is 0.497 e. The van der Waals surface area contributed by atoms with E-state index in [1.54, 1.807) is 27.3 Å². The first-order valence-corrected chi connectivity index (χ1v) is 9.50. The second kappa shape index (κ2) is 8.12. The van der Waals surface area contributed by atoms with Crippen LogP contribution in [0.5, 0.6) is 5.75 Å². The van der Waals surface area contributed by atoms with Crippen LogP contribution in [0, 0.1) is 0 Å². The number of nitrogens with one attached hydrogen (secondary N) is 2. The Morgan fingerprint density at radius 1 is 1.31 bits per heavy atom. The van der Waals surface area contributed by atoms with Gasteiger partial charge in [-0.25, -0.2) is 4.98 Å². The minimum absolute atomic E-state index is 0.0115. The molecule has 5 N–H and O–H groups in total. The smallest absolute Gasteiger partial charge is 0.226 e. The van der Waals surface area contributed by atoms with Gasteiger partial charge in [0.05, 0.1) is 19.0 Å². The standard InChI is InChI=1S/C20H29N7O2/c1-12(9-20(2,3)28)24-19-25-17(16-18(26-19)27(4)11-23-16)22-10-13-8-14(29-5)6-7-15(13)21/h6-8,11-12,28H,9-10,21H2,1-5H3,(H2,22,24,25,26). The van der Waals surface area contributed by atoms with E-state index in [1.807, 2.05) is 36.7 Å². The number of benzene rings is 1. The van der Waals surface area contributed by atoms with Gasteiger partial charge in [-0.1, -0.05) is 0 Å². The molecule has 0 amide bonds. The summed E-state index contributed by atoms with van der Waals surface area (Å²) < 4.78 is 7.12. The van der Waals surface area contributed by atoms with Crippen molar-refractivity contribution in [1.29, 1.82) is 0 Å². The molecule has 0 saturated carbocycles. The molecular formula is C20H29N7O2. The van der Waals surface area contributed by atoms with Gasteiger partial charge >= 0.3 is 0 Å². The summed E-state index contributed by atoms with van der Waals surface area (Å²) in [4.78, 5) is 13.6. The monoisotopic (exact) mass is 399 g/mol. The van der Waals surface area contributed by atoms with Gasteiger partial charge in [-0.15, -0.1) is 0 Å². The van der Waals surface area contributed by atoms with Crippen LogP contribution in [0.1, 0.15) is 32.8 Å². The van der Waals surface area contributed by atoms with E-state index in [1.165, 1.54) is 0 Å². The molecule has 0 bridgehead atoms. The van der Waals surface area contributed by atoms with Crippen LogP contribution in [0.15, 0.2) is 24.5 Å². The van der Waals surface area contributed by atoms with E-state index < -0.39 is 5.60 Å². The summed E-state index contributed by atoms with van der Waals surface area (Å²) in [5, 5.41) is 16.6. The first kappa shape index (κ1) is 20.7. The molecule has 1 aromatic carbocycles. The number of aromatic nitrogens is 4. The van der Waals surface area contributed by atoms with Gasteiger partial charge in [0.1, 0.15) is 5.75 Å². The average molecular weight is 399 g/mol. The summed E-state index contributed by atoms with van der Waals surface area (Å²) in [5.41, 5.74) is 8.26. The maximum atomic E-state index is 10.1. The molecule has 9 nitrogen and oxygen atoms in total. The Kier molecular flexibility index (Phi) is 5.78. The maximum Gasteiger partial charge on any atom is 0.226 e. The van der Waals surface area contributed by atoms with E-state index in [4.69, 9.17) is 10.5 Å². The van der Waals surface area contributed by atoms with Crippen molar-refractivity contribution in [2.45, 2.75) is 45.4 Å². The predicted octanol–water partition coefficient (Wildman–Crippen LogP) is 2.53. The summed E-state index contributed by atoms with van der Waals surface area (Å²) in [6.07, 6.45) is 2.26. The van der Waals surface area contributed by atoms with Gasteiger partial charge < -0.3 is 30.8 Å². The lowest BCUT2D eigenvalue weighted by Crippen LogP contribution is -2.29. The van der Waals surface area contributed by atoms with Crippen molar-refractivity contribution >= 4 is 28.6 Å². The average Bonchev–Trinajstić information content (AvgIpc) is 3.00. The minimum Gasteiger partial charge on any atom is -0.497 e. The zero-order chi connectivity index (χ0) is 21.2. The third-order valence-corrected chi connectivity index (χ3v) is 4.54. The number of aliphatic hydroxyl groups is 1. The van der Waals surface area contributed by atoms with Gasteiger partial charge in [0.25, 0.3) is 0 Å². The van der Waals surface area contributed by atoms with Crippen molar-refractivity contribution in [2.75, 3.05) is 23.5 Å². The molecule has 0 fully saturated rings. The highest BCUT2D eigenvalue weighted by molar-refractivity contribution is 5.84. The SMILES string of the molecule is COc1ccc(N)c(CNc2nc(NC(C)CC(C)(C)O)nc3c2ncn3C)c1. The molecule has 0 aliphatic heterocycles. The van der Waals surface area contributed by atoms with Gasteiger partial charge in [0.15, 0.2) is 17.0 Å². The van der Waals surface area contributed by atoms with Crippen molar-refractivity contribution in [3.63, 3.8) is 0 Å². The van der Waals surface area contributed by atoms with Crippen LogP contribution in [0.2, 0.25) is 0 Å². The van der Waals surface area contributed by atoms with Crippen molar-refractivity contribution in [3.8, 4) is 5.75 Å². The van der Waals surface area contributed by atoms with Crippen molar-refractivity contribution in [3.05, 3.63) is 30.1 Å². The van der Waals surface area contributed by atoms with Crippen LogP contribution < -0.4 is 21.1 Å². The zero-order valence-corrected chi connectivity index (χ0v) is 17.5. The molecule has 2 heterocycles. The van der Waals surface area contributed by atoms with Crippen LogP contribution in [-0.4, -0.2) is 43.4 Å². The number of imidazole rings is 1. The summed E-state index contributed by atoms with van der Waals surface area (Å²) in [7, 11) is 3.51. The molecule has 1 atom stereocenters. The Morgan fingerprint density at radius 3 is 2.76 bits per heavy atom. The quantitative estimate of drug-likeness (QED) is 0.426. The van der Waals surface area contributed by atoms with Crippen LogP contribution in [0.4, 0.5) is 17.5 Å². The van der Waals surface area contributed by atoms with Gasteiger partial charge in [0.2, 0.25) is 5.95 Å².